The van der Waals surface area contributed by atoms with Crippen molar-refractivity contribution in [2.24, 2.45) is 0 Å². The van der Waals surface area contributed by atoms with E-state index in [0.29, 0.717) is 11.7 Å². The van der Waals surface area contributed by atoms with Crippen LogP contribution in [-0.2, 0) is 6.54 Å². The molecule has 0 spiro atoms. The van der Waals surface area contributed by atoms with Crippen molar-refractivity contribution in [1.29, 1.82) is 0 Å². The molecule has 17 heavy (non-hydrogen) atoms. The highest BCUT2D eigenvalue weighted by Crippen LogP contribution is 2.28. The second kappa shape index (κ2) is 5.75. The average Bonchev–Trinajstić information content (AvgIpc) is 2.34. The molecule has 1 aromatic carbocycles. The second-order valence-corrected chi connectivity index (χ2v) is 4.42. The Morgan fingerprint density at radius 1 is 1.29 bits per heavy atom. The van der Waals surface area contributed by atoms with Gasteiger partial charge in [-0.2, -0.15) is 0 Å². The van der Waals surface area contributed by atoms with Crippen LogP contribution >= 0.6 is 11.8 Å². The first kappa shape index (κ1) is 12.0. The molecule has 0 unspecified atom stereocenters. The Labute approximate surface area is 103 Å². The summed E-state index contributed by atoms with van der Waals surface area (Å²) in [6.07, 6.45) is 3.38. The van der Waals surface area contributed by atoms with Crippen molar-refractivity contribution in [2.45, 2.75) is 16.6 Å². The minimum absolute atomic E-state index is 0.228. The van der Waals surface area contributed by atoms with Gasteiger partial charge in [-0.25, -0.2) is 14.4 Å². The normalized spacial score (nSPS) is 10.5. The maximum absolute atomic E-state index is 13.1. The molecule has 0 saturated carbocycles. The van der Waals surface area contributed by atoms with Crippen LogP contribution in [0.5, 0.6) is 0 Å². The Bertz CT molecular complexity index is 490. The standard InChI is InChI=1S/C12H12FN3S/c1-14-8-9-7-10(13)3-4-11(9)17-12-15-5-2-6-16-12/h2-7,14H,8H2,1H3. The van der Waals surface area contributed by atoms with E-state index in [0.717, 1.165) is 10.5 Å². The number of halogens is 1. The minimum atomic E-state index is -0.228. The molecule has 1 N–H and O–H groups in total. The number of hydrogen-bond donors (Lipinski definition) is 1. The molecule has 0 bridgehead atoms. The lowest BCUT2D eigenvalue weighted by Crippen LogP contribution is -2.06. The van der Waals surface area contributed by atoms with E-state index in [9.17, 15) is 4.39 Å². The summed E-state index contributed by atoms with van der Waals surface area (Å²) >= 11 is 1.43. The summed E-state index contributed by atoms with van der Waals surface area (Å²) in [6, 6.07) is 6.50. The number of nitrogens with zero attached hydrogens (tertiary/aromatic N) is 2. The topological polar surface area (TPSA) is 37.8 Å². The number of hydrogen-bond acceptors (Lipinski definition) is 4. The molecule has 0 saturated heterocycles. The van der Waals surface area contributed by atoms with E-state index < -0.39 is 0 Å². The van der Waals surface area contributed by atoms with Crippen LogP contribution in [0.2, 0.25) is 0 Å². The molecule has 0 aliphatic heterocycles. The quantitative estimate of drug-likeness (QED) is 0.845. The van der Waals surface area contributed by atoms with Gasteiger partial charge in [0.05, 0.1) is 0 Å². The lowest BCUT2D eigenvalue weighted by atomic mass is 10.2. The molecule has 5 heteroatoms. The zero-order chi connectivity index (χ0) is 12.1. The summed E-state index contributed by atoms with van der Waals surface area (Å²) in [5.41, 5.74) is 0.907. The molecule has 1 heterocycles. The van der Waals surface area contributed by atoms with Gasteiger partial charge in [0.1, 0.15) is 5.82 Å². The molecule has 0 amide bonds. The Hall–Kier alpha value is -1.46. The van der Waals surface area contributed by atoms with Gasteiger partial charge in [-0.05, 0) is 48.6 Å². The Morgan fingerprint density at radius 2 is 2.06 bits per heavy atom. The average molecular weight is 249 g/mol. The van der Waals surface area contributed by atoms with Gasteiger partial charge < -0.3 is 5.32 Å². The van der Waals surface area contributed by atoms with Gasteiger partial charge in [0, 0.05) is 23.8 Å². The van der Waals surface area contributed by atoms with Gasteiger partial charge in [-0.3, -0.25) is 0 Å². The molecule has 3 nitrogen and oxygen atoms in total. The highest BCUT2D eigenvalue weighted by atomic mass is 32.2. The number of nitrogens with one attached hydrogen (secondary N) is 1. The van der Waals surface area contributed by atoms with E-state index in [4.69, 9.17) is 0 Å². The molecule has 0 aliphatic carbocycles. The van der Waals surface area contributed by atoms with E-state index in [1.54, 1.807) is 24.5 Å². The molecule has 0 atom stereocenters. The first-order valence-corrected chi connectivity index (χ1v) is 5.99. The Kier molecular flexibility index (Phi) is 4.06. The summed E-state index contributed by atoms with van der Waals surface area (Å²) < 4.78 is 13.1. The van der Waals surface area contributed by atoms with Gasteiger partial charge >= 0.3 is 0 Å². The lowest BCUT2D eigenvalue weighted by Gasteiger charge is -2.07. The van der Waals surface area contributed by atoms with Crippen LogP contribution in [-0.4, -0.2) is 17.0 Å². The van der Waals surface area contributed by atoms with E-state index in [2.05, 4.69) is 15.3 Å². The molecule has 0 aliphatic rings. The zero-order valence-electron chi connectivity index (χ0n) is 9.35. The third-order valence-electron chi connectivity index (χ3n) is 2.13. The SMILES string of the molecule is CNCc1cc(F)ccc1Sc1ncccn1. The van der Waals surface area contributed by atoms with Gasteiger partial charge in [0.15, 0.2) is 5.16 Å². The third kappa shape index (κ3) is 3.25. The zero-order valence-corrected chi connectivity index (χ0v) is 10.2. The summed E-state index contributed by atoms with van der Waals surface area (Å²) in [5.74, 6) is -0.228. The number of rotatable bonds is 4. The van der Waals surface area contributed by atoms with E-state index in [1.165, 1.54) is 23.9 Å². The first-order valence-electron chi connectivity index (χ1n) is 5.17. The number of aromatic nitrogens is 2. The fourth-order valence-corrected chi connectivity index (χ4v) is 2.23. The van der Waals surface area contributed by atoms with Crippen LogP contribution in [0.1, 0.15) is 5.56 Å². The van der Waals surface area contributed by atoms with Crippen molar-refractivity contribution < 1.29 is 4.39 Å². The second-order valence-electron chi connectivity index (χ2n) is 3.42. The van der Waals surface area contributed by atoms with Crippen molar-refractivity contribution in [2.75, 3.05) is 7.05 Å². The fraction of sp³-hybridized carbons (Fsp3) is 0.167. The van der Waals surface area contributed by atoms with Gasteiger partial charge in [0.2, 0.25) is 0 Å². The smallest absolute Gasteiger partial charge is 0.192 e. The maximum Gasteiger partial charge on any atom is 0.192 e. The van der Waals surface area contributed by atoms with Crippen molar-refractivity contribution in [1.82, 2.24) is 15.3 Å². The molecule has 88 valence electrons. The van der Waals surface area contributed by atoms with Crippen molar-refractivity contribution in [3.63, 3.8) is 0 Å². The summed E-state index contributed by atoms with van der Waals surface area (Å²) in [4.78, 5) is 9.24. The largest absolute Gasteiger partial charge is 0.316 e. The molecule has 2 rings (SSSR count). The maximum atomic E-state index is 13.1. The van der Waals surface area contributed by atoms with Crippen LogP contribution in [0.3, 0.4) is 0 Å². The molecular weight excluding hydrogens is 237 g/mol. The Balaban J connectivity index is 2.26. The lowest BCUT2D eigenvalue weighted by molar-refractivity contribution is 0.621. The highest BCUT2D eigenvalue weighted by Gasteiger charge is 2.06. The summed E-state index contributed by atoms with van der Waals surface area (Å²) in [5, 5.41) is 3.68. The van der Waals surface area contributed by atoms with Gasteiger partial charge in [0.25, 0.3) is 0 Å². The van der Waals surface area contributed by atoms with Crippen LogP contribution in [0.25, 0.3) is 0 Å². The van der Waals surface area contributed by atoms with Gasteiger partial charge in [-0.1, -0.05) is 0 Å². The van der Waals surface area contributed by atoms with Crippen LogP contribution in [0, 0.1) is 5.82 Å². The Morgan fingerprint density at radius 3 is 2.76 bits per heavy atom. The monoisotopic (exact) mass is 249 g/mol. The summed E-state index contributed by atoms with van der Waals surface area (Å²) in [7, 11) is 1.83. The number of benzene rings is 1. The molecule has 0 fully saturated rings. The van der Waals surface area contributed by atoms with Crippen molar-refractivity contribution in [3.05, 3.63) is 48.0 Å². The predicted octanol–water partition coefficient (Wildman–Crippen LogP) is 2.49. The van der Waals surface area contributed by atoms with Crippen molar-refractivity contribution in [3.8, 4) is 0 Å². The van der Waals surface area contributed by atoms with Crippen LogP contribution in [0.4, 0.5) is 4.39 Å². The molecule has 0 radical (unpaired) electrons. The fourth-order valence-electron chi connectivity index (χ4n) is 1.41. The van der Waals surface area contributed by atoms with E-state index in [1.807, 2.05) is 7.05 Å². The molecule has 1 aromatic heterocycles. The summed E-state index contributed by atoms with van der Waals surface area (Å²) in [6.45, 7) is 0.618. The first-order chi connectivity index (χ1) is 8.29. The van der Waals surface area contributed by atoms with Gasteiger partial charge in [-0.15, -0.1) is 0 Å². The van der Waals surface area contributed by atoms with Crippen LogP contribution < -0.4 is 5.32 Å². The molecule has 2 aromatic rings. The highest BCUT2D eigenvalue weighted by molar-refractivity contribution is 7.99. The van der Waals surface area contributed by atoms with E-state index >= 15 is 0 Å². The van der Waals surface area contributed by atoms with Crippen LogP contribution in [0.15, 0.2) is 46.7 Å². The van der Waals surface area contributed by atoms with E-state index in [-0.39, 0.29) is 5.82 Å². The van der Waals surface area contributed by atoms with Crippen molar-refractivity contribution >= 4 is 11.8 Å². The molecular formula is C12H12FN3S. The predicted molar refractivity (Wildman–Crippen MR) is 65.3 cm³/mol. The third-order valence-corrected chi connectivity index (χ3v) is 3.14. The minimum Gasteiger partial charge on any atom is -0.316 e.